The minimum Gasteiger partial charge on any atom is -0.383 e. The molecule has 2 aliphatic rings. The van der Waals surface area contributed by atoms with Crippen LogP contribution >= 0.6 is 0 Å². The van der Waals surface area contributed by atoms with Gasteiger partial charge in [-0.2, -0.15) is 0 Å². The lowest BCUT2D eigenvalue weighted by Crippen LogP contribution is -2.50. The largest absolute Gasteiger partial charge is 0.383 e. The van der Waals surface area contributed by atoms with E-state index in [9.17, 15) is 4.79 Å². The maximum Gasteiger partial charge on any atom is 0.230 e. The van der Waals surface area contributed by atoms with Gasteiger partial charge in [-0.25, -0.2) is 0 Å². The second-order valence-electron chi connectivity index (χ2n) is 8.08. The minimum absolute atomic E-state index is 0.171. The van der Waals surface area contributed by atoms with E-state index < -0.39 is 0 Å². The first kappa shape index (κ1) is 18.5. The Hall–Kier alpha value is -1.85. The number of aromatic nitrogens is 1. The molecule has 1 spiro atoms. The second kappa shape index (κ2) is 7.64. The molecule has 4 rings (SSSR count). The van der Waals surface area contributed by atoms with Gasteiger partial charge in [0, 0.05) is 56.9 Å². The fraction of sp³-hybridized carbons (Fsp3) is 0.591. The maximum absolute atomic E-state index is 13.1. The summed E-state index contributed by atoms with van der Waals surface area (Å²) < 4.78 is 7.48. The molecule has 0 N–H and O–H groups in total. The van der Waals surface area contributed by atoms with Gasteiger partial charge in [-0.1, -0.05) is 12.1 Å². The fourth-order valence-electron chi connectivity index (χ4n) is 4.98. The zero-order valence-electron chi connectivity index (χ0n) is 16.6. The Balaban J connectivity index is 1.48. The normalized spacial score (nSPS) is 23.8. The molecule has 0 aliphatic carbocycles. The Morgan fingerprint density at radius 1 is 1.19 bits per heavy atom. The molecule has 2 fully saturated rings. The fourth-order valence-corrected chi connectivity index (χ4v) is 4.98. The van der Waals surface area contributed by atoms with E-state index in [0.717, 1.165) is 58.5 Å². The average Bonchev–Trinajstić information content (AvgIpc) is 3.28. The highest BCUT2D eigenvalue weighted by molar-refractivity contribution is 5.85. The number of hydrogen-bond donors (Lipinski definition) is 0. The third-order valence-corrected chi connectivity index (χ3v) is 6.46. The lowest BCUT2D eigenvalue weighted by Gasteiger charge is -2.39. The van der Waals surface area contributed by atoms with Crippen molar-refractivity contribution in [1.82, 2.24) is 14.4 Å². The number of amides is 1. The van der Waals surface area contributed by atoms with Crippen molar-refractivity contribution in [2.45, 2.75) is 39.3 Å². The van der Waals surface area contributed by atoms with Crippen LogP contribution in [0.4, 0.5) is 0 Å². The van der Waals surface area contributed by atoms with Crippen LogP contribution in [0, 0.1) is 5.41 Å². The van der Waals surface area contributed by atoms with E-state index in [1.165, 1.54) is 16.5 Å². The van der Waals surface area contributed by atoms with Gasteiger partial charge in [-0.15, -0.1) is 0 Å². The summed E-state index contributed by atoms with van der Waals surface area (Å²) in [4.78, 5) is 17.7. The molecular weight excluding hydrogens is 338 g/mol. The Morgan fingerprint density at radius 2 is 2.07 bits per heavy atom. The molecule has 0 saturated carbocycles. The van der Waals surface area contributed by atoms with Crippen molar-refractivity contribution in [2.24, 2.45) is 5.41 Å². The number of fused-ring (bicyclic) bond motifs is 1. The molecule has 5 heteroatoms. The Kier molecular flexibility index (Phi) is 5.24. The standard InChI is InChI=1S/C22H31N3O2/c1-3-24-12-8-19-18(6-4-7-20(19)24)16-23-13-10-22(17-23)9-5-11-25(21(22)26)14-15-27-2/h4,6-8,12H,3,5,9-11,13-17H2,1-2H3/t22-/m0/s1. The topological polar surface area (TPSA) is 37.7 Å². The third-order valence-electron chi connectivity index (χ3n) is 6.46. The number of carbonyl (C=O) groups excluding carboxylic acids is 1. The van der Waals surface area contributed by atoms with Crippen LogP contribution in [0.5, 0.6) is 0 Å². The van der Waals surface area contributed by atoms with Crippen LogP contribution in [0.3, 0.4) is 0 Å². The van der Waals surface area contributed by atoms with Crippen LogP contribution in [0.15, 0.2) is 30.5 Å². The number of ether oxygens (including phenoxy) is 1. The van der Waals surface area contributed by atoms with E-state index >= 15 is 0 Å². The summed E-state index contributed by atoms with van der Waals surface area (Å²) >= 11 is 0. The number of hydrogen-bond acceptors (Lipinski definition) is 3. The lowest BCUT2D eigenvalue weighted by molar-refractivity contribution is -0.146. The molecule has 3 heterocycles. The number of nitrogens with zero attached hydrogens (tertiary/aromatic N) is 3. The molecule has 27 heavy (non-hydrogen) atoms. The number of likely N-dealkylation sites (tertiary alicyclic amines) is 2. The molecule has 146 valence electrons. The summed E-state index contributed by atoms with van der Waals surface area (Å²) in [6, 6.07) is 8.83. The van der Waals surface area contributed by atoms with E-state index in [2.05, 4.69) is 46.9 Å². The van der Waals surface area contributed by atoms with Crippen LogP contribution in [0.25, 0.3) is 10.9 Å². The van der Waals surface area contributed by atoms with Crippen molar-refractivity contribution in [3.05, 3.63) is 36.0 Å². The molecule has 2 saturated heterocycles. The van der Waals surface area contributed by atoms with Crippen molar-refractivity contribution in [1.29, 1.82) is 0 Å². The highest BCUT2D eigenvalue weighted by Gasteiger charge is 2.48. The molecule has 5 nitrogen and oxygen atoms in total. The van der Waals surface area contributed by atoms with Gasteiger partial charge in [0.1, 0.15) is 0 Å². The van der Waals surface area contributed by atoms with E-state index in [1.54, 1.807) is 7.11 Å². The van der Waals surface area contributed by atoms with Gasteiger partial charge in [-0.3, -0.25) is 9.69 Å². The number of benzene rings is 1. The van der Waals surface area contributed by atoms with Crippen LogP contribution in [0.2, 0.25) is 0 Å². The minimum atomic E-state index is -0.171. The van der Waals surface area contributed by atoms with Crippen molar-refractivity contribution in [3.63, 3.8) is 0 Å². The summed E-state index contributed by atoms with van der Waals surface area (Å²) in [6.45, 7) is 8.23. The molecular formula is C22H31N3O2. The molecule has 2 aromatic rings. The molecule has 0 unspecified atom stereocenters. The summed E-state index contributed by atoms with van der Waals surface area (Å²) in [7, 11) is 1.70. The number of rotatable bonds is 6. The van der Waals surface area contributed by atoms with Crippen molar-refractivity contribution >= 4 is 16.8 Å². The molecule has 0 bridgehead atoms. The van der Waals surface area contributed by atoms with Crippen molar-refractivity contribution in [3.8, 4) is 0 Å². The number of methoxy groups -OCH3 is 1. The molecule has 1 aromatic heterocycles. The van der Waals surface area contributed by atoms with E-state index in [0.29, 0.717) is 12.5 Å². The zero-order chi connectivity index (χ0) is 18.9. The Labute approximate surface area is 161 Å². The first-order valence-corrected chi connectivity index (χ1v) is 10.2. The van der Waals surface area contributed by atoms with Crippen LogP contribution in [-0.2, 0) is 22.6 Å². The third kappa shape index (κ3) is 3.39. The first-order valence-electron chi connectivity index (χ1n) is 10.2. The first-order chi connectivity index (χ1) is 13.2. The predicted octanol–water partition coefficient (Wildman–Crippen LogP) is 3.12. The number of piperidine rings is 1. The molecule has 2 aliphatic heterocycles. The van der Waals surface area contributed by atoms with E-state index in [1.807, 2.05) is 4.90 Å². The summed E-state index contributed by atoms with van der Waals surface area (Å²) in [5.74, 6) is 0.351. The van der Waals surface area contributed by atoms with Crippen LogP contribution in [0.1, 0.15) is 31.7 Å². The Morgan fingerprint density at radius 3 is 2.89 bits per heavy atom. The van der Waals surface area contributed by atoms with Gasteiger partial charge in [0.25, 0.3) is 0 Å². The zero-order valence-corrected chi connectivity index (χ0v) is 16.6. The van der Waals surface area contributed by atoms with E-state index in [-0.39, 0.29) is 5.41 Å². The smallest absolute Gasteiger partial charge is 0.230 e. The number of carbonyl (C=O) groups is 1. The predicted molar refractivity (Wildman–Crippen MR) is 108 cm³/mol. The molecule has 1 amide bonds. The molecule has 1 aromatic carbocycles. The lowest BCUT2D eigenvalue weighted by atomic mass is 9.78. The number of aryl methyl sites for hydroxylation is 1. The quantitative estimate of drug-likeness (QED) is 0.785. The molecule has 1 atom stereocenters. The van der Waals surface area contributed by atoms with Crippen LogP contribution in [-0.4, -0.2) is 60.2 Å². The van der Waals surface area contributed by atoms with Gasteiger partial charge >= 0.3 is 0 Å². The van der Waals surface area contributed by atoms with Gasteiger partial charge in [0.15, 0.2) is 0 Å². The van der Waals surface area contributed by atoms with Crippen molar-refractivity contribution in [2.75, 3.05) is 39.9 Å². The van der Waals surface area contributed by atoms with Gasteiger partial charge in [0.2, 0.25) is 5.91 Å². The highest BCUT2D eigenvalue weighted by atomic mass is 16.5. The highest BCUT2D eigenvalue weighted by Crippen LogP contribution is 2.40. The monoisotopic (exact) mass is 369 g/mol. The Bertz CT molecular complexity index is 815. The van der Waals surface area contributed by atoms with Crippen molar-refractivity contribution < 1.29 is 9.53 Å². The van der Waals surface area contributed by atoms with Gasteiger partial charge in [-0.05, 0) is 50.4 Å². The average molecular weight is 370 g/mol. The summed E-state index contributed by atoms with van der Waals surface area (Å²) in [5, 5.41) is 1.34. The summed E-state index contributed by atoms with van der Waals surface area (Å²) in [6.07, 6.45) is 5.31. The van der Waals surface area contributed by atoms with Crippen LogP contribution < -0.4 is 0 Å². The van der Waals surface area contributed by atoms with Gasteiger partial charge in [0.05, 0.1) is 12.0 Å². The molecule has 0 radical (unpaired) electrons. The maximum atomic E-state index is 13.1. The SMILES string of the molecule is CCn1ccc2c(CN3CC[C@@]4(CCCN(CCOC)C4=O)C3)cccc21. The van der Waals surface area contributed by atoms with Gasteiger partial charge < -0.3 is 14.2 Å². The summed E-state index contributed by atoms with van der Waals surface area (Å²) in [5.41, 5.74) is 2.51. The van der Waals surface area contributed by atoms with E-state index in [4.69, 9.17) is 4.74 Å². The second-order valence-corrected chi connectivity index (χ2v) is 8.08.